The number of carbonyl (C=O) groups excluding carboxylic acids is 1. The molecule has 1 aliphatic carbocycles. The van der Waals surface area contributed by atoms with Crippen LogP contribution in [0.5, 0.6) is 5.75 Å². The summed E-state index contributed by atoms with van der Waals surface area (Å²) in [6.45, 7) is 17.9. The van der Waals surface area contributed by atoms with E-state index in [1.165, 1.54) is 17.2 Å². The summed E-state index contributed by atoms with van der Waals surface area (Å²) in [5.74, 6) is 0.875. The zero-order chi connectivity index (χ0) is 21.1. The Balaban J connectivity index is 2.20. The predicted octanol–water partition coefficient (Wildman–Crippen LogP) is 6.15. The van der Waals surface area contributed by atoms with Crippen LogP contribution in [0.25, 0.3) is 0 Å². The van der Waals surface area contributed by atoms with Gasteiger partial charge in [0.15, 0.2) is 0 Å². The number of rotatable bonds is 5. The molecule has 3 rings (SSSR count). The molecule has 1 heterocycles. The summed E-state index contributed by atoms with van der Waals surface area (Å²) >= 11 is 0. The molecule has 1 aromatic rings. The molecule has 3 nitrogen and oxygen atoms in total. The van der Waals surface area contributed by atoms with Crippen LogP contribution in [0.4, 0.5) is 0 Å². The van der Waals surface area contributed by atoms with Crippen LogP contribution in [0, 0.1) is 0 Å². The van der Waals surface area contributed by atoms with Crippen molar-refractivity contribution in [3.8, 4) is 5.75 Å². The normalized spacial score (nSPS) is 28.0. The van der Waals surface area contributed by atoms with Gasteiger partial charge in [-0.1, -0.05) is 40.7 Å². The highest BCUT2D eigenvalue weighted by Crippen LogP contribution is 2.71. The maximum absolute atomic E-state index is 13.1. The lowest BCUT2D eigenvalue weighted by Gasteiger charge is -2.52. The Bertz CT molecular complexity index is 769. The Labute approximate surface area is 172 Å². The van der Waals surface area contributed by atoms with E-state index in [0.29, 0.717) is 17.5 Å². The van der Waals surface area contributed by atoms with Crippen LogP contribution in [-0.4, -0.2) is 26.8 Å². The minimum absolute atomic E-state index is 0.0430. The fraction of sp³-hybridized carbons (Fsp3) is 0.708. The first kappa shape index (κ1) is 21.4. The molecular formula is C24H38O3Si. The van der Waals surface area contributed by atoms with Crippen LogP contribution in [0.3, 0.4) is 0 Å². The molecule has 0 spiro atoms. The Hall–Kier alpha value is -1.29. The Morgan fingerprint density at radius 1 is 1.14 bits per heavy atom. The van der Waals surface area contributed by atoms with Gasteiger partial charge in [0.1, 0.15) is 11.4 Å². The van der Waals surface area contributed by atoms with Gasteiger partial charge in [-0.2, -0.15) is 0 Å². The van der Waals surface area contributed by atoms with E-state index in [1.807, 2.05) is 20.8 Å². The standard InChI is InChI=1S/C24H38O3Si/c1-16(2)28(17(3)4)15-23(8)14-24(28,13-21(25)27-22(5,6)7)19-11-10-18(26-9)12-20(19)23/h10-12,16-17H,13-15H2,1-9H3. The molecule has 2 aliphatic rings. The largest absolute Gasteiger partial charge is 0.497 e. The van der Waals surface area contributed by atoms with Gasteiger partial charge in [0, 0.05) is 5.04 Å². The third-order valence-corrected chi connectivity index (χ3v) is 15.5. The van der Waals surface area contributed by atoms with Gasteiger partial charge in [-0.05, 0) is 73.0 Å². The van der Waals surface area contributed by atoms with E-state index in [-0.39, 0.29) is 16.4 Å². The molecule has 1 aliphatic heterocycles. The van der Waals surface area contributed by atoms with Gasteiger partial charge in [-0.25, -0.2) is 0 Å². The topological polar surface area (TPSA) is 35.5 Å². The molecule has 0 N–H and O–H groups in total. The molecule has 1 aromatic carbocycles. The lowest BCUT2D eigenvalue weighted by Crippen LogP contribution is -2.58. The van der Waals surface area contributed by atoms with Crippen LogP contribution in [0.2, 0.25) is 17.1 Å². The number of esters is 1. The highest BCUT2D eigenvalue weighted by molar-refractivity contribution is 6.86. The lowest BCUT2D eigenvalue weighted by atomic mass is 9.85. The number of benzene rings is 1. The summed E-state index contributed by atoms with van der Waals surface area (Å²) < 4.78 is 11.4. The molecule has 28 heavy (non-hydrogen) atoms. The van der Waals surface area contributed by atoms with Crippen LogP contribution < -0.4 is 4.74 Å². The minimum Gasteiger partial charge on any atom is -0.497 e. The molecule has 156 valence electrons. The van der Waals surface area contributed by atoms with Gasteiger partial charge in [0.2, 0.25) is 0 Å². The van der Waals surface area contributed by atoms with Crippen LogP contribution in [0.15, 0.2) is 18.2 Å². The SMILES string of the molecule is COc1ccc2c(c1)C1(C)CC2(CC(=O)OC(C)(C)C)[Si](C(C)C)(C(C)C)C1. The van der Waals surface area contributed by atoms with Crippen molar-refractivity contribution in [3.63, 3.8) is 0 Å². The molecule has 0 aromatic heterocycles. The van der Waals surface area contributed by atoms with Crippen molar-refractivity contribution >= 4 is 14.0 Å². The predicted molar refractivity (Wildman–Crippen MR) is 118 cm³/mol. The second-order valence-corrected chi connectivity index (χ2v) is 16.7. The molecule has 1 fully saturated rings. The summed E-state index contributed by atoms with van der Waals surface area (Å²) in [7, 11) is -0.117. The third-order valence-electron chi connectivity index (χ3n) is 7.58. The van der Waals surface area contributed by atoms with Gasteiger partial charge in [0.05, 0.1) is 21.6 Å². The summed E-state index contributed by atoms with van der Waals surface area (Å²) in [5, 5.41) is -0.0476. The van der Waals surface area contributed by atoms with Gasteiger partial charge in [-0.3, -0.25) is 4.79 Å². The number of carbonyl (C=O) groups is 1. The number of ether oxygens (including phenoxy) is 2. The fourth-order valence-corrected chi connectivity index (χ4v) is 15.2. The fourth-order valence-electron chi connectivity index (χ4n) is 6.94. The van der Waals surface area contributed by atoms with Crippen LogP contribution in [0.1, 0.15) is 79.4 Å². The second kappa shape index (κ2) is 6.61. The summed E-state index contributed by atoms with van der Waals surface area (Å²) in [4.78, 5) is 13.1. The Morgan fingerprint density at radius 2 is 1.75 bits per heavy atom. The van der Waals surface area contributed by atoms with E-state index >= 15 is 0 Å². The van der Waals surface area contributed by atoms with Gasteiger partial charge in [-0.15, -0.1) is 0 Å². The van der Waals surface area contributed by atoms with Crippen LogP contribution in [-0.2, 0) is 20.0 Å². The third kappa shape index (κ3) is 2.94. The van der Waals surface area contributed by atoms with Gasteiger partial charge >= 0.3 is 5.97 Å². The minimum atomic E-state index is -1.85. The van der Waals surface area contributed by atoms with Gasteiger partial charge in [0.25, 0.3) is 0 Å². The lowest BCUT2D eigenvalue weighted by molar-refractivity contribution is -0.155. The van der Waals surface area contributed by atoms with Crippen molar-refractivity contribution < 1.29 is 14.3 Å². The Morgan fingerprint density at radius 3 is 2.25 bits per heavy atom. The first-order chi connectivity index (χ1) is 12.8. The van der Waals surface area contributed by atoms with Crippen LogP contribution >= 0.6 is 0 Å². The molecule has 0 radical (unpaired) electrons. The van der Waals surface area contributed by atoms with E-state index in [2.05, 4.69) is 52.8 Å². The smallest absolute Gasteiger partial charge is 0.306 e. The quantitative estimate of drug-likeness (QED) is 0.438. The number of fused-ring (bicyclic) bond motifs is 5. The summed E-state index contributed by atoms with van der Waals surface area (Å²) in [6, 6.07) is 7.82. The second-order valence-electron chi connectivity index (χ2n) is 11.0. The highest BCUT2D eigenvalue weighted by atomic mass is 28.3. The molecule has 0 saturated carbocycles. The average molecular weight is 403 g/mol. The molecule has 0 amide bonds. The first-order valence-electron chi connectivity index (χ1n) is 10.7. The van der Waals surface area contributed by atoms with E-state index in [0.717, 1.165) is 12.2 Å². The molecule has 2 atom stereocenters. The van der Waals surface area contributed by atoms with Crippen molar-refractivity contribution in [3.05, 3.63) is 29.3 Å². The van der Waals surface area contributed by atoms with E-state index in [9.17, 15) is 4.79 Å². The zero-order valence-electron chi connectivity index (χ0n) is 19.2. The van der Waals surface area contributed by atoms with E-state index < -0.39 is 13.7 Å². The van der Waals surface area contributed by atoms with Crippen molar-refractivity contribution in [1.29, 1.82) is 0 Å². The maximum Gasteiger partial charge on any atom is 0.306 e. The molecular weight excluding hydrogens is 364 g/mol. The molecule has 4 heteroatoms. The monoisotopic (exact) mass is 402 g/mol. The first-order valence-corrected chi connectivity index (χ1v) is 13.1. The average Bonchev–Trinajstić information content (AvgIpc) is 2.96. The molecule has 1 saturated heterocycles. The number of hydrogen-bond acceptors (Lipinski definition) is 3. The summed E-state index contributed by atoms with van der Waals surface area (Å²) in [6.07, 6.45) is 1.59. The number of hydrogen-bond donors (Lipinski definition) is 0. The van der Waals surface area contributed by atoms with E-state index in [4.69, 9.17) is 9.47 Å². The molecule has 2 unspecified atom stereocenters. The van der Waals surface area contributed by atoms with Crippen molar-refractivity contribution in [2.24, 2.45) is 0 Å². The van der Waals surface area contributed by atoms with Crippen molar-refractivity contribution in [1.82, 2.24) is 0 Å². The van der Waals surface area contributed by atoms with Crippen molar-refractivity contribution in [2.45, 2.75) is 101 Å². The Kier molecular flexibility index (Phi) is 5.06. The summed E-state index contributed by atoms with van der Waals surface area (Å²) in [5.41, 5.74) is 3.73. The van der Waals surface area contributed by atoms with E-state index in [1.54, 1.807) is 7.11 Å². The van der Waals surface area contributed by atoms with Crippen molar-refractivity contribution in [2.75, 3.05) is 7.11 Å². The number of methoxy groups -OCH3 is 1. The van der Waals surface area contributed by atoms with Gasteiger partial charge < -0.3 is 9.47 Å². The maximum atomic E-state index is 13.1. The molecule has 2 bridgehead atoms. The highest BCUT2D eigenvalue weighted by Gasteiger charge is 2.71. The zero-order valence-corrected chi connectivity index (χ0v) is 20.2.